The van der Waals surface area contributed by atoms with Crippen molar-refractivity contribution in [3.8, 4) is 5.75 Å². The summed E-state index contributed by atoms with van der Waals surface area (Å²) in [6, 6.07) is 7.66. The predicted molar refractivity (Wildman–Crippen MR) is 124 cm³/mol. The fourth-order valence-corrected chi connectivity index (χ4v) is 4.39. The molecule has 1 fully saturated rings. The van der Waals surface area contributed by atoms with Crippen LogP contribution in [0.5, 0.6) is 5.75 Å². The second-order valence-corrected chi connectivity index (χ2v) is 9.48. The molecule has 30 heavy (non-hydrogen) atoms. The number of piperidine rings is 1. The molecule has 5 nitrogen and oxygen atoms in total. The zero-order valence-corrected chi connectivity index (χ0v) is 19.7. The number of anilines is 1. The zero-order valence-electron chi connectivity index (χ0n) is 19.7. The van der Waals surface area contributed by atoms with Gasteiger partial charge in [-0.2, -0.15) is 0 Å². The number of carbonyl (C=O) groups is 1. The van der Waals surface area contributed by atoms with E-state index in [-0.39, 0.29) is 5.91 Å². The van der Waals surface area contributed by atoms with Crippen molar-refractivity contribution < 1.29 is 14.3 Å². The molecule has 0 atom stereocenters. The van der Waals surface area contributed by atoms with Crippen molar-refractivity contribution in [2.75, 3.05) is 38.7 Å². The van der Waals surface area contributed by atoms with Crippen LogP contribution in [-0.4, -0.2) is 49.8 Å². The maximum absolute atomic E-state index is 13.1. The van der Waals surface area contributed by atoms with Crippen LogP contribution in [0.2, 0.25) is 0 Å². The van der Waals surface area contributed by atoms with E-state index >= 15 is 0 Å². The van der Waals surface area contributed by atoms with Gasteiger partial charge in [-0.05, 0) is 81.3 Å². The van der Waals surface area contributed by atoms with Gasteiger partial charge in [-0.1, -0.05) is 34.1 Å². The molecule has 1 aromatic carbocycles. The Balaban J connectivity index is 1.85. The Morgan fingerprint density at radius 3 is 2.17 bits per heavy atom. The summed E-state index contributed by atoms with van der Waals surface area (Å²) in [5.41, 5.74) is -0.0269. The van der Waals surface area contributed by atoms with Gasteiger partial charge in [0.05, 0.1) is 6.61 Å². The molecular weight excluding hydrogens is 376 g/mol. The first kappa shape index (κ1) is 24.7. The number of ether oxygens (including phenoxy) is 2. The Morgan fingerprint density at radius 2 is 1.63 bits per heavy atom. The normalized spacial score (nSPS) is 15.6. The summed E-state index contributed by atoms with van der Waals surface area (Å²) in [5.74, 6) is 1.52. The molecule has 0 unspecified atom stereocenters. The van der Waals surface area contributed by atoms with Crippen LogP contribution in [0.4, 0.5) is 5.69 Å². The van der Waals surface area contributed by atoms with Crippen LogP contribution in [-0.2, 0) is 9.53 Å². The van der Waals surface area contributed by atoms with E-state index in [1.165, 1.54) is 32.4 Å². The molecule has 1 heterocycles. The largest absolute Gasteiger partial charge is 0.494 e. The highest BCUT2D eigenvalue weighted by molar-refractivity contribution is 5.97. The van der Waals surface area contributed by atoms with Crippen molar-refractivity contribution in [2.24, 2.45) is 11.8 Å². The first-order chi connectivity index (χ1) is 14.3. The van der Waals surface area contributed by atoms with Gasteiger partial charge in [0.2, 0.25) is 0 Å². The number of nitrogens with zero attached hydrogens (tertiary/aromatic N) is 1. The van der Waals surface area contributed by atoms with Gasteiger partial charge in [-0.3, -0.25) is 4.79 Å². The summed E-state index contributed by atoms with van der Waals surface area (Å²) in [4.78, 5) is 15.6. The summed E-state index contributed by atoms with van der Waals surface area (Å²) >= 11 is 0. The van der Waals surface area contributed by atoms with E-state index < -0.39 is 5.60 Å². The third-order valence-corrected chi connectivity index (χ3v) is 5.73. The van der Waals surface area contributed by atoms with E-state index in [1.807, 2.05) is 24.3 Å². The van der Waals surface area contributed by atoms with Crippen LogP contribution in [0.15, 0.2) is 24.3 Å². The van der Waals surface area contributed by atoms with Gasteiger partial charge >= 0.3 is 0 Å². The molecule has 0 bridgehead atoms. The van der Waals surface area contributed by atoms with Crippen molar-refractivity contribution in [2.45, 2.75) is 71.8 Å². The van der Waals surface area contributed by atoms with Crippen LogP contribution in [0, 0.1) is 11.8 Å². The van der Waals surface area contributed by atoms with Crippen molar-refractivity contribution >= 4 is 11.6 Å². The monoisotopic (exact) mass is 418 g/mol. The highest BCUT2D eigenvalue weighted by Crippen LogP contribution is 2.30. The van der Waals surface area contributed by atoms with E-state index in [1.54, 1.807) is 7.11 Å². The van der Waals surface area contributed by atoms with Crippen molar-refractivity contribution in [3.05, 3.63) is 24.3 Å². The van der Waals surface area contributed by atoms with Gasteiger partial charge in [0.15, 0.2) is 0 Å². The van der Waals surface area contributed by atoms with E-state index in [2.05, 4.69) is 37.9 Å². The summed E-state index contributed by atoms with van der Waals surface area (Å²) < 4.78 is 11.7. The van der Waals surface area contributed by atoms with E-state index in [4.69, 9.17) is 9.47 Å². The van der Waals surface area contributed by atoms with E-state index in [0.717, 1.165) is 31.0 Å². The van der Waals surface area contributed by atoms with Gasteiger partial charge in [-0.25, -0.2) is 0 Å². The topological polar surface area (TPSA) is 50.8 Å². The summed E-state index contributed by atoms with van der Waals surface area (Å²) in [6.45, 7) is 12.8. The summed E-state index contributed by atoms with van der Waals surface area (Å²) in [7, 11) is 1.64. The zero-order chi connectivity index (χ0) is 22.0. The number of nitrogens with one attached hydrogen (secondary N) is 1. The van der Waals surface area contributed by atoms with Crippen LogP contribution >= 0.6 is 0 Å². The number of rotatable bonds is 12. The molecular formula is C25H42N2O3. The lowest BCUT2D eigenvalue weighted by atomic mass is 9.84. The van der Waals surface area contributed by atoms with Crippen LogP contribution in [0.1, 0.15) is 66.2 Å². The van der Waals surface area contributed by atoms with Gasteiger partial charge in [-0.15, -0.1) is 0 Å². The minimum absolute atomic E-state index is 0.0670. The lowest BCUT2D eigenvalue weighted by Gasteiger charge is -2.34. The first-order valence-electron chi connectivity index (χ1n) is 11.7. The third kappa shape index (κ3) is 7.92. The second kappa shape index (κ2) is 12.3. The Kier molecular flexibility index (Phi) is 10.1. The average molecular weight is 419 g/mol. The molecule has 1 aromatic rings. The lowest BCUT2D eigenvalue weighted by molar-refractivity contribution is -0.142. The number of hydrogen-bond acceptors (Lipinski definition) is 4. The molecule has 1 aliphatic rings. The molecule has 2 rings (SSSR count). The van der Waals surface area contributed by atoms with E-state index in [0.29, 0.717) is 24.7 Å². The number of hydrogen-bond donors (Lipinski definition) is 1. The SMILES string of the molecule is COC(CC(C)C)(CC(C)C)C(=O)Nc1ccc(OCCCN2CCCCC2)cc1. The summed E-state index contributed by atoms with van der Waals surface area (Å²) in [5, 5.41) is 3.06. The predicted octanol–water partition coefficient (Wildman–Crippen LogP) is 5.36. The van der Waals surface area contributed by atoms with Crippen molar-refractivity contribution in [1.82, 2.24) is 4.90 Å². The minimum atomic E-state index is -0.800. The van der Waals surface area contributed by atoms with Gasteiger partial charge in [0, 0.05) is 19.3 Å². The molecule has 1 saturated heterocycles. The lowest BCUT2D eigenvalue weighted by Crippen LogP contribution is -2.46. The maximum atomic E-state index is 13.1. The maximum Gasteiger partial charge on any atom is 0.256 e. The average Bonchev–Trinajstić information content (AvgIpc) is 2.71. The fourth-order valence-electron chi connectivity index (χ4n) is 4.39. The number of benzene rings is 1. The van der Waals surface area contributed by atoms with Gasteiger partial charge in [0.1, 0.15) is 11.4 Å². The molecule has 0 saturated carbocycles. The van der Waals surface area contributed by atoms with E-state index in [9.17, 15) is 4.79 Å². The molecule has 0 spiro atoms. The highest BCUT2D eigenvalue weighted by Gasteiger charge is 2.39. The molecule has 0 aromatic heterocycles. The highest BCUT2D eigenvalue weighted by atomic mass is 16.5. The number of methoxy groups -OCH3 is 1. The van der Waals surface area contributed by atoms with Crippen LogP contribution in [0.3, 0.4) is 0 Å². The summed E-state index contributed by atoms with van der Waals surface area (Å²) in [6.07, 6.45) is 6.46. The number of carbonyl (C=O) groups excluding carboxylic acids is 1. The fraction of sp³-hybridized carbons (Fsp3) is 0.720. The Morgan fingerprint density at radius 1 is 1.03 bits per heavy atom. The van der Waals surface area contributed by atoms with Crippen LogP contribution in [0.25, 0.3) is 0 Å². The van der Waals surface area contributed by atoms with Crippen molar-refractivity contribution in [3.63, 3.8) is 0 Å². The van der Waals surface area contributed by atoms with Crippen LogP contribution < -0.4 is 10.1 Å². The smallest absolute Gasteiger partial charge is 0.256 e. The standard InChI is InChI=1S/C25H42N2O3/c1-20(2)18-25(29-5,19-21(3)4)24(28)26-22-10-12-23(13-11-22)30-17-9-16-27-14-7-6-8-15-27/h10-13,20-21H,6-9,14-19H2,1-5H3,(H,26,28). The number of likely N-dealkylation sites (tertiary alicyclic amines) is 1. The Hall–Kier alpha value is -1.59. The number of amides is 1. The quantitative estimate of drug-likeness (QED) is 0.465. The van der Waals surface area contributed by atoms with Gasteiger partial charge < -0.3 is 19.7 Å². The third-order valence-electron chi connectivity index (χ3n) is 5.73. The molecule has 5 heteroatoms. The molecule has 170 valence electrons. The molecule has 1 amide bonds. The Bertz CT molecular complexity index is 612. The first-order valence-corrected chi connectivity index (χ1v) is 11.7. The van der Waals surface area contributed by atoms with Gasteiger partial charge in [0.25, 0.3) is 5.91 Å². The molecule has 0 radical (unpaired) electrons. The Labute approximate surface area is 183 Å². The minimum Gasteiger partial charge on any atom is -0.494 e. The molecule has 0 aliphatic carbocycles. The van der Waals surface area contributed by atoms with Crippen molar-refractivity contribution in [1.29, 1.82) is 0 Å². The molecule has 1 N–H and O–H groups in total. The molecule has 1 aliphatic heterocycles. The second-order valence-electron chi connectivity index (χ2n) is 9.48.